The van der Waals surface area contributed by atoms with Gasteiger partial charge < -0.3 is 18.7 Å². The zero-order chi connectivity index (χ0) is 29.6. The molecule has 15 heteroatoms. The highest BCUT2D eigenvalue weighted by molar-refractivity contribution is 7.52. The number of carbonyl (C=O) groups excluding carboxylic acids is 2. The van der Waals surface area contributed by atoms with Gasteiger partial charge >= 0.3 is 25.4 Å². The Balaban J connectivity index is 1.66. The van der Waals surface area contributed by atoms with Crippen molar-refractivity contribution in [2.45, 2.75) is 76.1 Å². The van der Waals surface area contributed by atoms with E-state index < -0.39 is 67.7 Å². The number of esters is 2. The van der Waals surface area contributed by atoms with E-state index in [9.17, 15) is 23.7 Å². The van der Waals surface area contributed by atoms with Crippen LogP contribution in [-0.4, -0.2) is 58.6 Å². The highest BCUT2D eigenvalue weighted by Crippen LogP contribution is 2.48. The lowest BCUT2D eigenvalue weighted by Crippen LogP contribution is -2.46. The number of ether oxygens (including phenoxy) is 3. The lowest BCUT2D eigenvalue weighted by molar-refractivity contribution is -0.158. The Hall–Kier alpha value is -3.32. The number of hydrogen-bond acceptors (Lipinski definition) is 10. The SMILES string of the molecule is C[C@@H]1N[P@@](=O)(Oc2ccccc2)OC[C@H]2O[C@@H](n3ccc(=O)[nH]c3=O)[C@](C)(F)[C@@H]2OC(=O)CCCCCCOC1=O. The molecule has 1 aromatic heterocycles. The van der Waals surface area contributed by atoms with Crippen molar-refractivity contribution in [3.05, 3.63) is 63.4 Å². The van der Waals surface area contributed by atoms with E-state index >= 15 is 4.39 Å². The van der Waals surface area contributed by atoms with Gasteiger partial charge in [-0.3, -0.25) is 28.5 Å². The number of benzene rings is 1. The number of halogens is 1. The fraction of sp³-hybridized carbons (Fsp3) is 0.538. The van der Waals surface area contributed by atoms with Gasteiger partial charge in [0.25, 0.3) is 5.56 Å². The highest BCUT2D eigenvalue weighted by atomic mass is 31.2. The summed E-state index contributed by atoms with van der Waals surface area (Å²) in [5.41, 5.74) is -4.12. The average Bonchev–Trinajstić information content (AvgIpc) is 3.16. The number of nitrogens with one attached hydrogen (secondary N) is 2. The maximum absolute atomic E-state index is 16.4. The Bertz CT molecular complexity index is 1380. The number of aromatic amines is 1. The fourth-order valence-corrected chi connectivity index (χ4v) is 6.04. The summed E-state index contributed by atoms with van der Waals surface area (Å²) in [6.07, 6.45) is -1.28. The largest absolute Gasteiger partial charge is 0.465 e. The smallest absolute Gasteiger partial charge is 0.459 e. The van der Waals surface area contributed by atoms with Crippen molar-refractivity contribution in [1.82, 2.24) is 14.6 Å². The predicted molar refractivity (Wildman–Crippen MR) is 142 cm³/mol. The summed E-state index contributed by atoms with van der Waals surface area (Å²) in [5, 5.41) is 2.54. The standard InChI is InChI=1S/C26H33FN3O10P/c1-17-23(33)36-15-9-4-3-8-12-21(32)39-22-19(16-37-41(35,29-17)40-18-10-6-5-7-11-18)38-24(26(22,2)27)30-14-13-20(31)28-25(30)34/h5-7,10-11,13-14,17,19,22,24H,3-4,8-9,12,15-16H2,1-2H3,(H,29,35)(H,28,31,34)/t17-,19+,22+,24+,26+,41-/m0/s1. The lowest BCUT2D eigenvalue weighted by Gasteiger charge is -2.28. The quantitative estimate of drug-likeness (QED) is 0.395. The average molecular weight is 598 g/mol. The molecule has 6 atom stereocenters. The Morgan fingerprint density at radius 1 is 1.07 bits per heavy atom. The zero-order valence-electron chi connectivity index (χ0n) is 22.7. The summed E-state index contributed by atoms with van der Waals surface area (Å²) < 4.78 is 58.9. The van der Waals surface area contributed by atoms with Crippen LogP contribution < -0.4 is 20.9 Å². The third-order valence-corrected chi connectivity index (χ3v) is 8.29. The number of rotatable bonds is 3. The first kappa shape index (κ1) is 30.6. The van der Waals surface area contributed by atoms with Crippen LogP contribution in [0.1, 0.15) is 52.2 Å². The third-order valence-electron chi connectivity index (χ3n) is 6.65. The molecule has 0 radical (unpaired) electrons. The number of hydrogen-bond donors (Lipinski definition) is 2. The molecule has 2 aliphatic rings. The van der Waals surface area contributed by atoms with E-state index in [0.29, 0.717) is 25.7 Å². The highest BCUT2D eigenvalue weighted by Gasteiger charge is 2.58. The van der Waals surface area contributed by atoms with Crippen LogP contribution in [0.5, 0.6) is 5.75 Å². The van der Waals surface area contributed by atoms with Crippen molar-refractivity contribution in [3.8, 4) is 5.75 Å². The van der Waals surface area contributed by atoms with Crippen LogP contribution in [-0.2, 0) is 32.9 Å². The minimum absolute atomic E-state index is 0.0165. The molecule has 13 nitrogen and oxygen atoms in total. The first-order valence-electron chi connectivity index (χ1n) is 13.3. The van der Waals surface area contributed by atoms with Gasteiger partial charge in [0.05, 0.1) is 13.2 Å². The minimum Gasteiger partial charge on any atom is -0.465 e. The Kier molecular flexibility index (Phi) is 9.80. The Morgan fingerprint density at radius 2 is 1.80 bits per heavy atom. The number of para-hydroxylation sites is 1. The third kappa shape index (κ3) is 7.70. The van der Waals surface area contributed by atoms with Gasteiger partial charge in [-0.25, -0.2) is 13.8 Å². The first-order chi connectivity index (χ1) is 19.5. The Morgan fingerprint density at radius 3 is 2.54 bits per heavy atom. The van der Waals surface area contributed by atoms with Crippen LogP contribution in [0.4, 0.5) is 4.39 Å². The number of alkyl halides is 1. The molecule has 3 heterocycles. The summed E-state index contributed by atoms with van der Waals surface area (Å²) in [6, 6.07) is 7.92. The molecule has 0 aliphatic carbocycles. The van der Waals surface area contributed by atoms with E-state index in [1.54, 1.807) is 18.2 Å². The second kappa shape index (κ2) is 13.1. The molecule has 4 rings (SSSR count). The number of nitrogens with zero attached hydrogens (tertiary/aromatic N) is 1. The number of fused-ring (bicyclic) bond motifs is 1. The molecule has 224 valence electrons. The van der Waals surface area contributed by atoms with Crippen molar-refractivity contribution >= 4 is 19.7 Å². The molecule has 2 N–H and O–H groups in total. The van der Waals surface area contributed by atoms with E-state index in [4.69, 9.17) is 23.3 Å². The van der Waals surface area contributed by atoms with Gasteiger partial charge in [0.15, 0.2) is 18.0 Å². The molecule has 2 fully saturated rings. The van der Waals surface area contributed by atoms with Crippen LogP contribution in [0.2, 0.25) is 0 Å². The van der Waals surface area contributed by atoms with Crippen LogP contribution >= 0.6 is 7.75 Å². The molecule has 0 unspecified atom stereocenters. The van der Waals surface area contributed by atoms with Crippen LogP contribution in [0.25, 0.3) is 0 Å². The molecule has 2 aliphatic heterocycles. The monoisotopic (exact) mass is 597 g/mol. The van der Waals surface area contributed by atoms with E-state index in [-0.39, 0.29) is 18.8 Å². The molecule has 41 heavy (non-hydrogen) atoms. The number of carbonyl (C=O) groups is 2. The summed E-state index contributed by atoms with van der Waals surface area (Å²) >= 11 is 0. The maximum Gasteiger partial charge on any atom is 0.459 e. The summed E-state index contributed by atoms with van der Waals surface area (Å²) in [4.78, 5) is 51.3. The number of cyclic esters (lactones) is 1. The summed E-state index contributed by atoms with van der Waals surface area (Å²) in [7, 11) is -4.36. The van der Waals surface area contributed by atoms with E-state index in [1.807, 2.05) is 4.98 Å². The van der Waals surface area contributed by atoms with Gasteiger partial charge in [-0.2, -0.15) is 5.09 Å². The molecular weight excluding hydrogens is 564 g/mol. The van der Waals surface area contributed by atoms with Gasteiger partial charge in [0.2, 0.25) is 0 Å². The Labute approximate surface area is 234 Å². The predicted octanol–water partition coefficient (Wildman–Crippen LogP) is 2.76. The normalized spacial score (nSPS) is 32.3. The van der Waals surface area contributed by atoms with Crippen LogP contribution in [0.3, 0.4) is 0 Å². The summed E-state index contributed by atoms with van der Waals surface area (Å²) in [6.45, 7) is 2.01. The van der Waals surface area contributed by atoms with E-state index in [0.717, 1.165) is 23.8 Å². The van der Waals surface area contributed by atoms with Gasteiger partial charge in [0, 0.05) is 18.7 Å². The van der Waals surface area contributed by atoms with E-state index in [1.165, 1.54) is 19.1 Å². The minimum atomic E-state index is -4.36. The van der Waals surface area contributed by atoms with Gasteiger partial charge in [0.1, 0.15) is 17.9 Å². The van der Waals surface area contributed by atoms with Crippen molar-refractivity contribution < 1.29 is 41.8 Å². The van der Waals surface area contributed by atoms with Crippen molar-refractivity contribution in [2.75, 3.05) is 13.2 Å². The second-order valence-electron chi connectivity index (χ2n) is 9.99. The number of H-pyrrole nitrogens is 1. The van der Waals surface area contributed by atoms with Crippen molar-refractivity contribution in [2.24, 2.45) is 0 Å². The summed E-state index contributed by atoms with van der Waals surface area (Å²) in [5.74, 6) is -1.23. The van der Waals surface area contributed by atoms with Gasteiger partial charge in [-0.1, -0.05) is 31.0 Å². The molecular formula is C26H33FN3O10P. The molecule has 0 spiro atoms. The first-order valence-corrected chi connectivity index (χ1v) is 14.8. The molecule has 0 amide bonds. The fourth-order valence-electron chi connectivity index (χ4n) is 4.54. The molecule has 1 aromatic carbocycles. The molecule has 0 saturated carbocycles. The molecule has 2 aromatic rings. The maximum atomic E-state index is 16.4. The van der Waals surface area contributed by atoms with Crippen molar-refractivity contribution in [3.63, 3.8) is 0 Å². The molecule has 2 saturated heterocycles. The van der Waals surface area contributed by atoms with Gasteiger partial charge in [-0.15, -0.1) is 0 Å². The second-order valence-corrected chi connectivity index (χ2v) is 11.7. The van der Waals surface area contributed by atoms with E-state index in [2.05, 4.69) is 5.09 Å². The number of aromatic nitrogens is 2. The zero-order valence-corrected chi connectivity index (χ0v) is 23.5. The van der Waals surface area contributed by atoms with Crippen LogP contribution in [0, 0.1) is 0 Å². The molecule has 0 bridgehead atoms. The lowest BCUT2D eigenvalue weighted by atomic mass is 9.98. The van der Waals surface area contributed by atoms with Crippen molar-refractivity contribution in [1.29, 1.82) is 0 Å². The van der Waals surface area contributed by atoms with Crippen LogP contribution in [0.15, 0.2) is 52.2 Å². The topological polar surface area (TPSA) is 164 Å². The van der Waals surface area contributed by atoms with Gasteiger partial charge in [-0.05, 0) is 38.8 Å².